The van der Waals surface area contributed by atoms with Crippen molar-refractivity contribution in [3.05, 3.63) is 64.7 Å². The van der Waals surface area contributed by atoms with Gasteiger partial charge in [-0.1, -0.05) is 41.9 Å². The molecule has 0 unspecified atom stereocenters. The molecule has 1 aliphatic rings. The average Bonchev–Trinajstić information content (AvgIpc) is 2.95. The van der Waals surface area contributed by atoms with Gasteiger partial charge < -0.3 is 5.32 Å². The van der Waals surface area contributed by atoms with Gasteiger partial charge in [-0.3, -0.25) is 24.1 Å². The number of imide groups is 1. The Labute approximate surface area is 154 Å². The van der Waals surface area contributed by atoms with Crippen molar-refractivity contribution in [3.8, 4) is 0 Å². The van der Waals surface area contributed by atoms with Crippen LogP contribution in [0.4, 0.5) is 5.69 Å². The lowest BCUT2D eigenvalue weighted by Crippen LogP contribution is -2.37. The number of amides is 3. The summed E-state index contributed by atoms with van der Waals surface area (Å²) in [4.78, 5) is 49.2. The molecule has 0 aliphatic carbocycles. The number of likely N-dealkylation sites (tertiary alicyclic amines) is 1. The zero-order valence-electron chi connectivity index (χ0n) is 13.7. The SMILES string of the molecule is O=C(CN1C(=O)CCC1=O)Nc1ccc(Cl)cc1C(=O)c1ccccc1. The van der Waals surface area contributed by atoms with E-state index in [4.69, 9.17) is 11.6 Å². The van der Waals surface area contributed by atoms with Crippen LogP contribution < -0.4 is 5.32 Å². The molecule has 1 N–H and O–H groups in total. The van der Waals surface area contributed by atoms with E-state index in [1.165, 1.54) is 12.1 Å². The van der Waals surface area contributed by atoms with E-state index >= 15 is 0 Å². The molecule has 6 nitrogen and oxygen atoms in total. The minimum Gasteiger partial charge on any atom is -0.324 e. The molecular formula is C19H15ClN2O4. The Balaban J connectivity index is 1.82. The number of hydrogen-bond acceptors (Lipinski definition) is 4. The lowest BCUT2D eigenvalue weighted by atomic mass is 10.0. The van der Waals surface area contributed by atoms with Crippen LogP contribution in [0.2, 0.25) is 5.02 Å². The summed E-state index contributed by atoms with van der Waals surface area (Å²) in [6.45, 7) is -0.376. The first-order valence-corrected chi connectivity index (χ1v) is 8.36. The number of halogens is 1. The van der Waals surface area contributed by atoms with Crippen LogP contribution in [-0.4, -0.2) is 34.9 Å². The summed E-state index contributed by atoms with van der Waals surface area (Å²) in [6.07, 6.45) is 0.232. The van der Waals surface area contributed by atoms with Crippen LogP contribution in [0, 0.1) is 0 Å². The molecule has 2 aromatic carbocycles. The van der Waals surface area contributed by atoms with Crippen molar-refractivity contribution in [2.45, 2.75) is 12.8 Å². The molecule has 0 spiro atoms. The number of carbonyl (C=O) groups excluding carboxylic acids is 4. The van der Waals surface area contributed by atoms with Crippen molar-refractivity contribution in [2.75, 3.05) is 11.9 Å². The highest BCUT2D eigenvalue weighted by Gasteiger charge is 2.30. The van der Waals surface area contributed by atoms with E-state index in [2.05, 4.69) is 5.32 Å². The van der Waals surface area contributed by atoms with Crippen LogP contribution in [0.25, 0.3) is 0 Å². The number of carbonyl (C=O) groups is 4. The van der Waals surface area contributed by atoms with Gasteiger partial charge >= 0.3 is 0 Å². The average molecular weight is 371 g/mol. The van der Waals surface area contributed by atoms with Crippen molar-refractivity contribution in [3.63, 3.8) is 0 Å². The van der Waals surface area contributed by atoms with Crippen molar-refractivity contribution >= 4 is 40.8 Å². The van der Waals surface area contributed by atoms with Gasteiger partial charge in [0.05, 0.1) is 5.69 Å². The highest BCUT2D eigenvalue weighted by atomic mass is 35.5. The molecule has 0 aromatic heterocycles. The predicted octanol–water partition coefficient (Wildman–Crippen LogP) is 2.66. The number of rotatable bonds is 5. The summed E-state index contributed by atoms with van der Waals surface area (Å²) in [5, 5.41) is 2.95. The standard InChI is InChI=1S/C19H15ClN2O4/c20-13-6-7-15(14(10-13)19(26)12-4-2-1-3-5-12)21-16(23)11-22-17(24)8-9-18(22)25/h1-7,10H,8-9,11H2,(H,21,23). The van der Waals surface area contributed by atoms with Gasteiger partial charge in [0.1, 0.15) is 6.54 Å². The van der Waals surface area contributed by atoms with Gasteiger partial charge in [-0.2, -0.15) is 0 Å². The third-order valence-corrected chi connectivity index (χ3v) is 4.23. The number of benzene rings is 2. The fourth-order valence-corrected chi connectivity index (χ4v) is 2.86. The Hall–Kier alpha value is -2.99. The lowest BCUT2D eigenvalue weighted by molar-refractivity contribution is -0.141. The molecule has 1 saturated heterocycles. The van der Waals surface area contributed by atoms with E-state index in [0.717, 1.165) is 4.90 Å². The highest BCUT2D eigenvalue weighted by molar-refractivity contribution is 6.31. The van der Waals surface area contributed by atoms with Gasteiger partial charge in [-0.15, -0.1) is 0 Å². The number of anilines is 1. The first-order chi connectivity index (χ1) is 12.5. The lowest BCUT2D eigenvalue weighted by Gasteiger charge is -2.15. The van der Waals surface area contributed by atoms with Crippen LogP contribution in [-0.2, 0) is 14.4 Å². The smallest absolute Gasteiger partial charge is 0.244 e. The molecule has 26 heavy (non-hydrogen) atoms. The summed E-state index contributed by atoms with van der Waals surface area (Å²) in [6, 6.07) is 13.1. The number of ketones is 1. The van der Waals surface area contributed by atoms with E-state index < -0.39 is 5.91 Å². The molecule has 0 atom stereocenters. The third kappa shape index (κ3) is 3.81. The second-order valence-corrected chi connectivity index (χ2v) is 6.24. The molecule has 3 amide bonds. The fraction of sp³-hybridized carbons (Fsp3) is 0.158. The molecule has 2 aromatic rings. The maximum Gasteiger partial charge on any atom is 0.244 e. The van der Waals surface area contributed by atoms with Gasteiger partial charge in [0.25, 0.3) is 0 Å². The zero-order chi connectivity index (χ0) is 18.7. The Kier molecular flexibility index (Phi) is 5.14. The second kappa shape index (κ2) is 7.49. The summed E-state index contributed by atoms with van der Waals surface area (Å²) < 4.78 is 0. The van der Waals surface area contributed by atoms with Gasteiger partial charge in [0, 0.05) is 29.0 Å². The summed E-state index contributed by atoms with van der Waals surface area (Å²) in [5.41, 5.74) is 0.957. The van der Waals surface area contributed by atoms with Gasteiger partial charge in [0.15, 0.2) is 5.78 Å². The van der Waals surface area contributed by atoms with Crippen molar-refractivity contribution in [1.29, 1.82) is 0 Å². The normalized spacial score (nSPS) is 13.8. The van der Waals surface area contributed by atoms with Crippen LogP contribution in [0.3, 0.4) is 0 Å². The first-order valence-electron chi connectivity index (χ1n) is 7.98. The highest BCUT2D eigenvalue weighted by Crippen LogP contribution is 2.24. The molecule has 1 heterocycles. The number of nitrogens with one attached hydrogen (secondary N) is 1. The van der Waals surface area contributed by atoms with E-state index in [-0.39, 0.29) is 48.2 Å². The predicted molar refractivity (Wildman–Crippen MR) is 95.9 cm³/mol. The molecule has 1 aliphatic heterocycles. The largest absolute Gasteiger partial charge is 0.324 e. The summed E-state index contributed by atoms with van der Waals surface area (Å²) >= 11 is 6.00. The van der Waals surface area contributed by atoms with Gasteiger partial charge in [-0.25, -0.2) is 0 Å². The Morgan fingerprint density at radius 2 is 1.65 bits per heavy atom. The minimum atomic E-state index is -0.557. The molecule has 1 fully saturated rings. The fourth-order valence-electron chi connectivity index (χ4n) is 2.69. The molecule has 7 heteroatoms. The van der Waals surface area contributed by atoms with E-state index in [9.17, 15) is 19.2 Å². The quantitative estimate of drug-likeness (QED) is 0.647. The molecule has 3 rings (SSSR count). The number of nitrogens with zero attached hydrogens (tertiary/aromatic N) is 1. The van der Waals surface area contributed by atoms with E-state index in [1.807, 2.05) is 0 Å². The monoisotopic (exact) mass is 370 g/mol. The molecule has 0 saturated carbocycles. The van der Waals surface area contributed by atoms with E-state index in [1.54, 1.807) is 36.4 Å². The Morgan fingerprint density at radius 1 is 1.00 bits per heavy atom. The topological polar surface area (TPSA) is 83.6 Å². The van der Waals surface area contributed by atoms with Crippen LogP contribution in [0.15, 0.2) is 48.5 Å². The number of hydrogen-bond donors (Lipinski definition) is 1. The summed E-state index contributed by atoms with van der Waals surface area (Å²) in [5.74, 6) is -1.60. The molecule has 0 radical (unpaired) electrons. The Bertz CT molecular complexity index is 880. The third-order valence-electron chi connectivity index (χ3n) is 3.99. The Morgan fingerprint density at radius 3 is 2.31 bits per heavy atom. The second-order valence-electron chi connectivity index (χ2n) is 5.81. The van der Waals surface area contributed by atoms with Crippen LogP contribution in [0.1, 0.15) is 28.8 Å². The molecular weight excluding hydrogens is 356 g/mol. The van der Waals surface area contributed by atoms with Crippen molar-refractivity contribution in [1.82, 2.24) is 4.90 Å². The molecule has 132 valence electrons. The first kappa shape index (κ1) is 17.8. The van der Waals surface area contributed by atoms with Crippen molar-refractivity contribution in [2.24, 2.45) is 0 Å². The zero-order valence-corrected chi connectivity index (χ0v) is 14.5. The maximum atomic E-state index is 12.7. The van der Waals surface area contributed by atoms with Crippen LogP contribution >= 0.6 is 11.6 Å². The van der Waals surface area contributed by atoms with E-state index in [0.29, 0.717) is 10.6 Å². The molecule has 0 bridgehead atoms. The van der Waals surface area contributed by atoms with Gasteiger partial charge in [-0.05, 0) is 18.2 Å². The summed E-state index contributed by atoms with van der Waals surface area (Å²) in [7, 11) is 0. The maximum absolute atomic E-state index is 12.7. The van der Waals surface area contributed by atoms with Crippen molar-refractivity contribution < 1.29 is 19.2 Å². The van der Waals surface area contributed by atoms with Crippen LogP contribution in [0.5, 0.6) is 0 Å². The minimum absolute atomic E-state index is 0.116. The van der Waals surface area contributed by atoms with Gasteiger partial charge in [0.2, 0.25) is 17.7 Å².